The third-order valence-corrected chi connectivity index (χ3v) is 8.99. The largest absolute Gasteiger partial charge is 0.756 e. The van der Waals surface area contributed by atoms with Crippen LogP contribution in [-0.4, -0.2) is 70.0 Å². The predicted molar refractivity (Wildman–Crippen MR) is 213 cm³/mol. The molecule has 9 nitrogen and oxygen atoms in total. The second-order valence-corrected chi connectivity index (χ2v) is 15.7. The summed E-state index contributed by atoms with van der Waals surface area (Å²) in [6.45, 7) is 4.01. The molecule has 0 rings (SSSR count). The van der Waals surface area contributed by atoms with Gasteiger partial charge in [-0.15, -0.1) is 0 Å². The van der Waals surface area contributed by atoms with Gasteiger partial charge in [0.25, 0.3) is 7.82 Å². The van der Waals surface area contributed by atoms with E-state index >= 15 is 0 Å². The first-order valence-corrected chi connectivity index (χ1v) is 21.5. The lowest BCUT2D eigenvalue weighted by atomic mass is 10.1. The number of hydrogen-bond donors (Lipinski definition) is 0. The van der Waals surface area contributed by atoms with Crippen molar-refractivity contribution in [3.8, 4) is 0 Å². The molecule has 0 bridgehead atoms. The fourth-order valence-electron chi connectivity index (χ4n) is 4.87. The van der Waals surface area contributed by atoms with Gasteiger partial charge in [-0.25, -0.2) is 0 Å². The van der Waals surface area contributed by atoms with Crippen molar-refractivity contribution in [3.05, 3.63) is 60.8 Å². The van der Waals surface area contributed by atoms with Crippen LogP contribution in [0.4, 0.5) is 0 Å². The normalized spacial score (nSPS) is 14.3. The average Bonchev–Trinajstić information content (AvgIpc) is 3.09. The molecule has 0 saturated heterocycles. The maximum atomic E-state index is 12.6. The molecule has 0 aliphatic carbocycles. The number of carbonyl (C=O) groups excluding carboxylic acids is 2. The van der Waals surface area contributed by atoms with E-state index in [1.165, 1.54) is 32.1 Å². The number of rotatable bonds is 35. The van der Waals surface area contributed by atoms with E-state index in [1.807, 2.05) is 21.1 Å². The molecule has 0 aromatic rings. The van der Waals surface area contributed by atoms with Crippen LogP contribution in [0.3, 0.4) is 0 Å². The molecule has 300 valence electrons. The lowest BCUT2D eigenvalue weighted by Crippen LogP contribution is -2.37. The summed E-state index contributed by atoms with van der Waals surface area (Å²) >= 11 is 0. The second kappa shape index (κ2) is 34.5. The van der Waals surface area contributed by atoms with Crippen molar-refractivity contribution >= 4 is 19.8 Å². The van der Waals surface area contributed by atoms with Crippen LogP contribution in [0.5, 0.6) is 0 Å². The minimum absolute atomic E-state index is 0.0428. The van der Waals surface area contributed by atoms with Gasteiger partial charge in [-0.05, 0) is 77.0 Å². The predicted octanol–water partition coefficient (Wildman–Crippen LogP) is 10.3. The Morgan fingerprint density at radius 1 is 0.615 bits per heavy atom. The van der Waals surface area contributed by atoms with E-state index in [0.29, 0.717) is 23.9 Å². The Kier molecular flexibility index (Phi) is 33.0. The number of esters is 2. The number of phosphoric acid groups is 1. The van der Waals surface area contributed by atoms with Crippen LogP contribution in [0.25, 0.3) is 0 Å². The summed E-state index contributed by atoms with van der Waals surface area (Å²) in [4.78, 5) is 37.4. The second-order valence-electron chi connectivity index (χ2n) is 14.3. The standard InChI is InChI=1S/C42H74NO8P/c1-6-8-10-12-14-16-18-20-21-23-25-27-29-31-33-35-42(45)51-40(39-50-52(46,47)49-37-36-43(3,4)5)38-48-41(44)34-32-30-28-26-24-22-19-17-15-13-11-9-7-2/h8,10,14,16-17,19-21,25,27,40H,6-7,9,11-13,15,18,22-24,26,28-39H2,1-5H3/b10-8-,16-14-,19-17-,21-20-,27-25-. The van der Waals surface area contributed by atoms with E-state index in [9.17, 15) is 19.0 Å². The molecule has 0 N–H and O–H groups in total. The third-order valence-electron chi connectivity index (χ3n) is 8.02. The number of hydrogen-bond acceptors (Lipinski definition) is 8. The van der Waals surface area contributed by atoms with Crippen LogP contribution >= 0.6 is 7.82 Å². The summed E-state index contributed by atoms with van der Waals surface area (Å²) in [5.41, 5.74) is 0. The number of unbranched alkanes of at least 4 members (excludes halogenated alkanes) is 11. The highest BCUT2D eigenvalue weighted by atomic mass is 31.2. The molecule has 0 aromatic carbocycles. The first-order valence-electron chi connectivity index (χ1n) is 20.0. The van der Waals surface area contributed by atoms with Gasteiger partial charge in [0.1, 0.15) is 19.8 Å². The van der Waals surface area contributed by atoms with Crippen LogP contribution in [0.1, 0.15) is 142 Å². The number of allylic oxidation sites excluding steroid dienone is 10. The molecule has 2 atom stereocenters. The average molecular weight is 752 g/mol. The summed E-state index contributed by atoms with van der Waals surface area (Å²) < 4.78 is 33.7. The van der Waals surface area contributed by atoms with Crippen LogP contribution < -0.4 is 4.89 Å². The Bertz CT molecular complexity index is 1080. The zero-order valence-electron chi connectivity index (χ0n) is 33.5. The summed E-state index contributed by atoms with van der Waals surface area (Å²) in [5.74, 6) is -0.901. The SMILES string of the molecule is CC/C=C\C/C=C\C/C=C\C/C=C\CCCCC(=O)OC(COC(=O)CCCCCCC/C=C\CCCCCC)COP(=O)([O-])OCC[N+](C)(C)C. The number of phosphoric ester groups is 1. The van der Waals surface area contributed by atoms with Crippen LogP contribution in [0.2, 0.25) is 0 Å². The van der Waals surface area contributed by atoms with E-state index in [4.69, 9.17) is 18.5 Å². The van der Waals surface area contributed by atoms with Crippen molar-refractivity contribution in [2.75, 3.05) is 47.5 Å². The molecule has 0 heterocycles. The molecule has 0 fully saturated rings. The molecule has 10 heteroatoms. The van der Waals surface area contributed by atoms with Gasteiger partial charge in [0.15, 0.2) is 6.10 Å². The number of ether oxygens (including phenoxy) is 2. The van der Waals surface area contributed by atoms with Crippen LogP contribution in [0.15, 0.2) is 60.8 Å². The van der Waals surface area contributed by atoms with Gasteiger partial charge < -0.3 is 27.9 Å². The Labute approximate surface area is 317 Å². The Hall–Kier alpha value is -2.29. The summed E-state index contributed by atoms with van der Waals surface area (Å²) in [6, 6.07) is 0. The van der Waals surface area contributed by atoms with Gasteiger partial charge in [-0.2, -0.15) is 0 Å². The van der Waals surface area contributed by atoms with Gasteiger partial charge in [0, 0.05) is 12.8 Å². The third kappa shape index (κ3) is 37.5. The van der Waals surface area contributed by atoms with Crippen LogP contribution in [-0.2, 0) is 32.7 Å². The van der Waals surface area contributed by atoms with E-state index in [1.54, 1.807) is 0 Å². The van der Waals surface area contributed by atoms with Gasteiger partial charge in [0.2, 0.25) is 0 Å². The molecule has 52 heavy (non-hydrogen) atoms. The Balaban J connectivity index is 4.52. The summed E-state index contributed by atoms with van der Waals surface area (Å²) in [5, 5.41) is 0. The van der Waals surface area contributed by atoms with Gasteiger partial charge in [-0.1, -0.05) is 113 Å². The number of likely N-dealkylation sites (N-methyl/N-ethyl adjacent to an activating group) is 1. The number of carbonyl (C=O) groups is 2. The molecule has 0 amide bonds. The Morgan fingerprint density at radius 2 is 1.10 bits per heavy atom. The first kappa shape index (κ1) is 49.7. The maximum Gasteiger partial charge on any atom is 0.306 e. The minimum atomic E-state index is -4.63. The molecule has 0 aliphatic rings. The molecule has 0 spiro atoms. The first-order chi connectivity index (χ1) is 25.0. The molecule has 2 unspecified atom stereocenters. The minimum Gasteiger partial charge on any atom is -0.756 e. The van der Waals surface area contributed by atoms with Crippen molar-refractivity contribution < 1.29 is 42.1 Å². The zero-order chi connectivity index (χ0) is 38.6. The summed E-state index contributed by atoms with van der Waals surface area (Å²) in [7, 11) is 1.12. The quantitative estimate of drug-likeness (QED) is 0.0207. The van der Waals surface area contributed by atoms with Crippen molar-refractivity contribution in [1.82, 2.24) is 0 Å². The molecule has 0 aromatic heterocycles. The molecular weight excluding hydrogens is 677 g/mol. The van der Waals surface area contributed by atoms with Gasteiger partial charge in [0.05, 0.1) is 27.7 Å². The monoisotopic (exact) mass is 752 g/mol. The lowest BCUT2D eigenvalue weighted by Gasteiger charge is -2.28. The van der Waals surface area contributed by atoms with Crippen molar-refractivity contribution in [1.29, 1.82) is 0 Å². The Morgan fingerprint density at radius 3 is 1.69 bits per heavy atom. The van der Waals surface area contributed by atoms with Crippen molar-refractivity contribution in [3.63, 3.8) is 0 Å². The summed E-state index contributed by atoms with van der Waals surface area (Å²) in [6.07, 6.45) is 39.7. The fraction of sp³-hybridized carbons (Fsp3) is 0.714. The maximum absolute atomic E-state index is 12.6. The van der Waals surface area contributed by atoms with E-state index in [-0.39, 0.29) is 26.1 Å². The van der Waals surface area contributed by atoms with Crippen LogP contribution in [0, 0.1) is 0 Å². The molecule has 0 saturated carbocycles. The van der Waals surface area contributed by atoms with E-state index in [2.05, 4.69) is 74.6 Å². The van der Waals surface area contributed by atoms with Gasteiger partial charge in [-0.3, -0.25) is 14.2 Å². The molecule has 0 aliphatic heterocycles. The lowest BCUT2D eigenvalue weighted by molar-refractivity contribution is -0.870. The number of nitrogens with zero attached hydrogens (tertiary/aromatic N) is 1. The highest BCUT2D eigenvalue weighted by molar-refractivity contribution is 7.45. The number of quaternary nitrogens is 1. The zero-order valence-corrected chi connectivity index (χ0v) is 34.4. The molecule has 0 radical (unpaired) electrons. The smallest absolute Gasteiger partial charge is 0.306 e. The molecular formula is C42H74NO8P. The highest BCUT2D eigenvalue weighted by Gasteiger charge is 2.21. The van der Waals surface area contributed by atoms with Gasteiger partial charge >= 0.3 is 11.9 Å². The highest BCUT2D eigenvalue weighted by Crippen LogP contribution is 2.38. The van der Waals surface area contributed by atoms with E-state index in [0.717, 1.165) is 70.6 Å². The fourth-order valence-corrected chi connectivity index (χ4v) is 5.60. The topological polar surface area (TPSA) is 111 Å². The van der Waals surface area contributed by atoms with Crippen molar-refractivity contribution in [2.45, 2.75) is 148 Å². The van der Waals surface area contributed by atoms with E-state index < -0.39 is 32.5 Å². The van der Waals surface area contributed by atoms with Crippen molar-refractivity contribution in [2.24, 2.45) is 0 Å².